The monoisotopic (exact) mass is 393 g/mol. The van der Waals surface area contributed by atoms with E-state index in [1.807, 2.05) is 0 Å². The summed E-state index contributed by atoms with van der Waals surface area (Å²) in [6.07, 6.45) is -3.15. The fourth-order valence-electron chi connectivity index (χ4n) is 2.31. The first kappa shape index (κ1) is 19.3. The Morgan fingerprint density at radius 1 is 0.893 bits per heavy atom. The zero-order valence-corrected chi connectivity index (χ0v) is 14.0. The van der Waals surface area contributed by atoms with Gasteiger partial charge in [0.25, 0.3) is 5.91 Å². The summed E-state index contributed by atoms with van der Waals surface area (Å²) in [6, 6.07) is 10.3. The molecule has 0 radical (unpaired) electrons. The summed E-state index contributed by atoms with van der Waals surface area (Å²) in [5.74, 6) is -2.78. The molecule has 3 aromatic rings. The highest BCUT2D eigenvalue weighted by atomic mass is 19.4. The minimum Gasteiger partial charge on any atom is -0.354 e. The Morgan fingerprint density at radius 3 is 2.32 bits per heavy atom. The molecule has 3 rings (SSSR count). The van der Waals surface area contributed by atoms with Crippen LogP contribution >= 0.6 is 0 Å². The van der Waals surface area contributed by atoms with Crippen LogP contribution in [0, 0.1) is 11.6 Å². The van der Waals surface area contributed by atoms with Crippen LogP contribution in [0.25, 0.3) is 0 Å². The Kier molecular flexibility index (Phi) is 5.25. The van der Waals surface area contributed by atoms with Crippen molar-refractivity contribution >= 4 is 23.1 Å². The van der Waals surface area contributed by atoms with Crippen molar-refractivity contribution in [1.82, 2.24) is 4.98 Å². The van der Waals surface area contributed by atoms with Crippen LogP contribution < -0.4 is 10.6 Å². The standard InChI is InChI=1S/C19H12F5N3O/c20-15-6-4-11(8-16(15)21)18(28)27-17-7-5-14(10-25-17)26-13-3-1-2-12(9-13)19(22,23)24/h1-10,26H,(H,25,27,28). The molecule has 1 aromatic heterocycles. The van der Waals surface area contributed by atoms with E-state index in [1.165, 1.54) is 30.5 Å². The molecule has 0 atom stereocenters. The maximum atomic E-state index is 13.2. The molecule has 144 valence electrons. The van der Waals surface area contributed by atoms with Crippen molar-refractivity contribution < 1.29 is 26.7 Å². The molecule has 0 unspecified atom stereocenters. The third-order valence-corrected chi connectivity index (χ3v) is 3.67. The zero-order valence-electron chi connectivity index (χ0n) is 14.0. The number of hydrogen-bond donors (Lipinski definition) is 2. The molecule has 4 nitrogen and oxygen atoms in total. The van der Waals surface area contributed by atoms with E-state index in [1.54, 1.807) is 0 Å². The molecule has 28 heavy (non-hydrogen) atoms. The quantitative estimate of drug-likeness (QED) is 0.586. The van der Waals surface area contributed by atoms with Crippen molar-refractivity contribution in [2.45, 2.75) is 6.18 Å². The van der Waals surface area contributed by atoms with Crippen molar-refractivity contribution in [3.8, 4) is 0 Å². The van der Waals surface area contributed by atoms with Gasteiger partial charge in [-0.2, -0.15) is 13.2 Å². The van der Waals surface area contributed by atoms with Gasteiger partial charge in [-0.3, -0.25) is 4.79 Å². The van der Waals surface area contributed by atoms with Gasteiger partial charge in [0.15, 0.2) is 11.6 Å². The molecule has 0 aliphatic heterocycles. The number of benzene rings is 2. The molecule has 0 spiro atoms. The fraction of sp³-hybridized carbons (Fsp3) is 0.0526. The molecule has 0 fully saturated rings. The van der Waals surface area contributed by atoms with Crippen LogP contribution in [-0.2, 0) is 6.18 Å². The van der Waals surface area contributed by atoms with E-state index in [2.05, 4.69) is 15.6 Å². The third-order valence-electron chi connectivity index (χ3n) is 3.67. The Hall–Kier alpha value is -3.49. The summed E-state index contributed by atoms with van der Waals surface area (Å²) >= 11 is 0. The van der Waals surface area contributed by atoms with Gasteiger partial charge in [0.1, 0.15) is 5.82 Å². The molecular weight excluding hydrogens is 381 g/mol. The lowest BCUT2D eigenvalue weighted by molar-refractivity contribution is -0.137. The Bertz CT molecular complexity index is 1000. The van der Waals surface area contributed by atoms with E-state index in [0.29, 0.717) is 5.69 Å². The lowest BCUT2D eigenvalue weighted by Gasteiger charge is -2.11. The maximum absolute atomic E-state index is 13.2. The number of amides is 1. The topological polar surface area (TPSA) is 54.0 Å². The summed E-state index contributed by atoms with van der Waals surface area (Å²) in [5, 5.41) is 5.19. The van der Waals surface area contributed by atoms with Gasteiger partial charge in [-0.1, -0.05) is 6.07 Å². The largest absolute Gasteiger partial charge is 0.416 e. The highest BCUT2D eigenvalue weighted by Crippen LogP contribution is 2.31. The summed E-state index contributed by atoms with van der Waals surface area (Å²) in [6.45, 7) is 0. The van der Waals surface area contributed by atoms with E-state index in [9.17, 15) is 26.7 Å². The average Bonchev–Trinajstić information content (AvgIpc) is 2.65. The van der Waals surface area contributed by atoms with Crippen LogP contribution in [0.2, 0.25) is 0 Å². The fourth-order valence-corrected chi connectivity index (χ4v) is 2.31. The zero-order chi connectivity index (χ0) is 20.3. The number of pyridine rings is 1. The molecule has 0 saturated carbocycles. The van der Waals surface area contributed by atoms with Crippen molar-refractivity contribution in [2.24, 2.45) is 0 Å². The van der Waals surface area contributed by atoms with Crippen molar-refractivity contribution in [3.63, 3.8) is 0 Å². The highest BCUT2D eigenvalue weighted by Gasteiger charge is 2.30. The number of rotatable bonds is 4. The summed E-state index contributed by atoms with van der Waals surface area (Å²) < 4.78 is 64.3. The Balaban J connectivity index is 1.68. The van der Waals surface area contributed by atoms with E-state index in [4.69, 9.17) is 0 Å². The predicted octanol–water partition coefficient (Wildman–Crippen LogP) is 5.37. The number of nitrogens with one attached hydrogen (secondary N) is 2. The van der Waals surface area contributed by atoms with Gasteiger partial charge in [-0.15, -0.1) is 0 Å². The highest BCUT2D eigenvalue weighted by molar-refractivity contribution is 6.03. The minimum absolute atomic E-state index is 0.0909. The Morgan fingerprint density at radius 2 is 1.68 bits per heavy atom. The molecule has 0 bridgehead atoms. The number of nitrogens with zero attached hydrogens (tertiary/aromatic N) is 1. The molecule has 0 saturated heterocycles. The van der Waals surface area contributed by atoms with Crippen LogP contribution in [0.5, 0.6) is 0 Å². The van der Waals surface area contributed by atoms with Gasteiger partial charge < -0.3 is 10.6 Å². The molecule has 2 N–H and O–H groups in total. The van der Waals surface area contributed by atoms with Crippen molar-refractivity contribution in [1.29, 1.82) is 0 Å². The first-order chi connectivity index (χ1) is 13.2. The summed E-state index contributed by atoms with van der Waals surface area (Å²) in [5.41, 5.74) is -0.270. The van der Waals surface area contributed by atoms with Crippen LogP contribution in [-0.4, -0.2) is 10.9 Å². The van der Waals surface area contributed by atoms with E-state index >= 15 is 0 Å². The molecule has 9 heteroatoms. The van der Waals surface area contributed by atoms with Crippen molar-refractivity contribution in [3.05, 3.63) is 83.6 Å². The minimum atomic E-state index is -4.45. The average molecular weight is 393 g/mol. The van der Waals surface area contributed by atoms with Gasteiger partial charge >= 0.3 is 6.18 Å². The van der Waals surface area contributed by atoms with Crippen molar-refractivity contribution in [2.75, 3.05) is 10.6 Å². The van der Waals surface area contributed by atoms with Crippen LogP contribution in [0.4, 0.5) is 39.1 Å². The smallest absolute Gasteiger partial charge is 0.354 e. The lowest BCUT2D eigenvalue weighted by atomic mass is 10.2. The van der Waals surface area contributed by atoms with Gasteiger partial charge in [0.05, 0.1) is 17.4 Å². The number of carbonyl (C=O) groups excluding carboxylic acids is 1. The normalized spacial score (nSPS) is 11.2. The SMILES string of the molecule is O=C(Nc1ccc(Nc2cccc(C(F)(F)F)c2)cn1)c1ccc(F)c(F)c1. The van der Waals surface area contributed by atoms with Gasteiger partial charge in [-0.05, 0) is 48.5 Å². The van der Waals surface area contributed by atoms with E-state index in [-0.39, 0.29) is 17.1 Å². The number of hydrogen-bond acceptors (Lipinski definition) is 3. The number of halogens is 5. The molecule has 1 amide bonds. The number of aromatic nitrogens is 1. The van der Waals surface area contributed by atoms with E-state index in [0.717, 1.165) is 30.3 Å². The van der Waals surface area contributed by atoms with Crippen LogP contribution in [0.3, 0.4) is 0 Å². The van der Waals surface area contributed by atoms with Crippen LogP contribution in [0.1, 0.15) is 15.9 Å². The molecule has 0 aliphatic rings. The molecule has 0 aliphatic carbocycles. The second-order valence-electron chi connectivity index (χ2n) is 5.72. The first-order valence-corrected chi connectivity index (χ1v) is 7.89. The lowest BCUT2D eigenvalue weighted by Crippen LogP contribution is -2.13. The van der Waals surface area contributed by atoms with E-state index < -0.39 is 29.3 Å². The maximum Gasteiger partial charge on any atom is 0.416 e. The van der Waals surface area contributed by atoms with Gasteiger partial charge in [-0.25, -0.2) is 13.8 Å². The first-order valence-electron chi connectivity index (χ1n) is 7.89. The van der Waals surface area contributed by atoms with Gasteiger partial charge in [0, 0.05) is 11.3 Å². The molecular formula is C19H12F5N3O. The number of alkyl halides is 3. The summed E-state index contributed by atoms with van der Waals surface area (Å²) in [4.78, 5) is 16.0. The summed E-state index contributed by atoms with van der Waals surface area (Å²) in [7, 11) is 0. The van der Waals surface area contributed by atoms with Gasteiger partial charge in [0.2, 0.25) is 0 Å². The Labute approximate surface area is 156 Å². The third kappa shape index (κ3) is 4.61. The molecule has 1 heterocycles. The second kappa shape index (κ2) is 7.63. The number of anilines is 3. The van der Waals surface area contributed by atoms with Crippen LogP contribution in [0.15, 0.2) is 60.8 Å². The molecule has 2 aromatic carbocycles. The predicted molar refractivity (Wildman–Crippen MR) is 93.3 cm³/mol. The number of carbonyl (C=O) groups is 1. The second-order valence-corrected chi connectivity index (χ2v) is 5.72.